The molecule has 0 fully saturated rings. The van der Waals surface area contributed by atoms with Gasteiger partial charge in [0.1, 0.15) is 0 Å². The predicted octanol–water partition coefficient (Wildman–Crippen LogP) is 5.50. The number of carbonyl (C=O) groups excluding carboxylic acids is 1. The molecule has 0 N–H and O–H groups in total. The van der Waals surface area contributed by atoms with E-state index in [4.69, 9.17) is 0 Å². The van der Waals surface area contributed by atoms with Gasteiger partial charge in [0, 0.05) is 15.6 Å². The van der Waals surface area contributed by atoms with Gasteiger partial charge < -0.3 is 0 Å². The van der Waals surface area contributed by atoms with Gasteiger partial charge >= 0.3 is 0 Å². The lowest BCUT2D eigenvalue weighted by atomic mass is 9.94. The molecule has 2 heteroatoms. The number of ketones is 1. The average Bonchev–Trinajstić information content (AvgIpc) is 2.48. The molecule has 2 aromatic rings. The second-order valence-electron chi connectivity index (χ2n) is 5.22. The van der Waals surface area contributed by atoms with Crippen molar-refractivity contribution in [3.8, 4) is 0 Å². The highest BCUT2D eigenvalue weighted by Crippen LogP contribution is 2.22. The summed E-state index contributed by atoms with van der Waals surface area (Å²) in [5.41, 5.74) is 3.80. The van der Waals surface area contributed by atoms with Crippen LogP contribution < -0.4 is 0 Å². The fourth-order valence-electron chi connectivity index (χ4n) is 2.19. The third-order valence-electron chi connectivity index (χ3n) is 3.80. The molecule has 0 aliphatic carbocycles. The molecule has 20 heavy (non-hydrogen) atoms. The van der Waals surface area contributed by atoms with E-state index in [2.05, 4.69) is 41.9 Å². The molecule has 0 bridgehead atoms. The number of aryl methyl sites for hydroxylation is 1. The Morgan fingerprint density at radius 3 is 2.40 bits per heavy atom. The third-order valence-corrected chi connectivity index (χ3v) is 4.29. The molecule has 1 atom stereocenters. The van der Waals surface area contributed by atoms with E-state index >= 15 is 0 Å². The second-order valence-corrected chi connectivity index (χ2v) is 6.14. The molecule has 0 saturated carbocycles. The Hall–Kier alpha value is -1.41. The number of rotatable bonds is 4. The van der Waals surface area contributed by atoms with E-state index in [1.807, 2.05) is 37.3 Å². The van der Waals surface area contributed by atoms with Crippen LogP contribution in [0.5, 0.6) is 0 Å². The zero-order chi connectivity index (χ0) is 14.7. The minimum absolute atomic E-state index is 0.0829. The number of hydrogen-bond acceptors (Lipinski definition) is 1. The lowest BCUT2D eigenvalue weighted by Gasteiger charge is -2.10. The fraction of sp³-hybridized carbons (Fsp3) is 0.278. The van der Waals surface area contributed by atoms with Crippen molar-refractivity contribution in [2.45, 2.75) is 33.1 Å². The zero-order valence-electron chi connectivity index (χ0n) is 12.1. The predicted molar refractivity (Wildman–Crippen MR) is 87.5 cm³/mol. The monoisotopic (exact) mass is 330 g/mol. The van der Waals surface area contributed by atoms with Crippen LogP contribution in [0.15, 0.2) is 46.9 Å². The molecule has 0 aliphatic heterocycles. The van der Waals surface area contributed by atoms with E-state index in [9.17, 15) is 4.79 Å². The summed E-state index contributed by atoms with van der Waals surface area (Å²) in [6.45, 7) is 6.34. The van der Waals surface area contributed by atoms with E-state index in [0.717, 1.165) is 27.6 Å². The molecule has 0 heterocycles. The van der Waals surface area contributed by atoms with Crippen LogP contribution in [0.1, 0.15) is 53.2 Å². The molecular weight excluding hydrogens is 312 g/mol. The van der Waals surface area contributed by atoms with Gasteiger partial charge in [0.15, 0.2) is 5.78 Å². The first-order valence-corrected chi connectivity index (χ1v) is 7.73. The number of benzene rings is 2. The van der Waals surface area contributed by atoms with E-state index in [1.54, 1.807) is 0 Å². The van der Waals surface area contributed by atoms with Crippen LogP contribution >= 0.6 is 15.9 Å². The van der Waals surface area contributed by atoms with E-state index in [0.29, 0.717) is 5.92 Å². The van der Waals surface area contributed by atoms with E-state index in [1.165, 1.54) is 5.56 Å². The van der Waals surface area contributed by atoms with Gasteiger partial charge in [-0.05, 0) is 42.5 Å². The average molecular weight is 331 g/mol. The van der Waals surface area contributed by atoms with Crippen LogP contribution in [0.2, 0.25) is 0 Å². The Morgan fingerprint density at radius 1 is 1.15 bits per heavy atom. The summed E-state index contributed by atoms with van der Waals surface area (Å²) >= 11 is 3.42. The van der Waals surface area contributed by atoms with Gasteiger partial charge in [-0.2, -0.15) is 0 Å². The smallest absolute Gasteiger partial charge is 0.193 e. The van der Waals surface area contributed by atoms with Crippen molar-refractivity contribution in [1.82, 2.24) is 0 Å². The first kappa shape index (κ1) is 15.0. The van der Waals surface area contributed by atoms with Gasteiger partial charge in [-0.15, -0.1) is 0 Å². The first-order chi connectivity index (χ1) is 9.52. The van der Waals surface area contributed by atoms with E-state index < -0.39 is 0 Å². The SMILES string of the molecule is CCC(C)c1ccc(C(=O)c2cc(Br)ccc2C)cc1. The molecule has 2 rings (SSSR count). The Bertz CT molecular complexity index is 614. The van der Waals surface area contributed by atoms with Crippen LogP contribution in [0.4, 0.5) is 0 Å². The van der Waals surface area contributed by atoms with Crippen LogP contribution in [0.3, 0.4) is 0 Å². The maximum absolute atomic E-state index is 12.5. The van der Waals surface area contributed by atoms with Gasteiger partial charge in [0.05, 0.1) is 0 Å². The summed E-state index contributed by atoms with van der Waals surface area (Å²) < 4.78 is 0.933. The highest BCUT2D eigenvalue weighted by Gasteiger charge is 2.12. The Morgan fingerprint density at radius 2 is 1.80 bits per heavy atom. The normalized spacial score (nSPS) is 12.2. The maximum Gasteiger partial charge on any atom is 0.193 e. The molecule has 1 nitrogen and oxygen atoms in total. The van der Waals surface area contributed by atoms with Crippen LogP contribution in [-0.4, -0.2) is 5.78 Å². The summed E-state index contributed by atoms with van der Waals surface area (Å²) in [4.78, 5) is 12.5. The van der Waals surface area contributed by atoms with Crippen molar-refractivity contribution in [3.63, 3.8) is 0 Å². The molecule has 0 radical (unpaired) electrons. The lowest BCUT2D eigenvalue weighted by Crippen LogP contribution is -2.04. The molecule has 0 amide bonds. The molecule has 1 unspecified atom stereocenters. The van der Waals surface area contributed by atoms with Crippen LogP contribution in [-0.2, 0) is 0 Å². The van der Waals surface area contributed by atoms with Crippen molar-refractivity contribution in [1.29, 1.82) is 0 Å². The second kappa shape index (κ2) is 6.36. The molecule has 0 aromatic heterocycles. The summed E-state index contributed by atoms with van der Waals surface area (Å²) in [6.07, 6.45) is 1.11. The highest BCUT2D eigenvalue weighted by molar-refractivity contribution is 9.10. The number of hydrogen-bond donors (Lipinski definition) is 0. The first-order valence-electron chi connectivity index (χ1n) is 6.93. The minimum Gasteiger partial charge on any atom is -0.289 e. The molecule has 0 aliphatic rings. The molecular formula is C18H19BrO. The minimum atomic E-state index is 0.0829. The van der Waals surface area contributed by atoms with Crippen molar-refractivity contribution in [2.24, 2.45) is 0 Å². The Labute approximate surface area is 129 Å². The summed E-state index contributed by atoms with van der Waals surface area (Å²) in [6, 6.07) is 13.8. The van der Waals surface area contributed by atoms with Gasteiger partial charge in [0.25, 0.3) is 0 Å². The van der Waals surface area contributed by atoms with Gasteiger partial charge in [-0.3, -0.25) is 4.79 Å². The fourth-order valence-corrected chi connectivity index (χ4v) is 2.55. The number of carbonyl (C=O) groups is 1. The zero-order valence-corrected chi connectivity index (χ0v) is 13.7. The van der Waals surface area contributed by atoms with Gasteiger partial charge in [-0.1, -0.05) is 60.1 Å². The standard InChI is InChI=1S/C18H19BrO/c1-4-12(2)14-6-8-15(9-7-14)18(20)17-11-16(19)10-5-13(17)3/h5-12H,4H2,1-3H3. The maximum atomic E-state index is 12.5. The Balaban J connectivity index is 2.32. The van der Waals surface area contributed by atoms with Crippen molar-refractivity contribution < 1.29 is 4.79 Å². The summed E-state index contributed by atoms with van der Waals surface area (Å²) in [7, 11) is 0. The summed E-state index contributed by atoms with van der Waals surface area (Å²) in [5.74, 6) is 0.617. The van der Waals surface area contributed by atoms with Gasteiger partial charge in [-0.25, -0.2) is 0 Å². The quantitative estimate of drug-likeness (QED) is 0.676. The van der Waals surface area contributed by atoms with Gasteiger partial charge in [0.2, 0.25) is 0 Å². The van der Waals surface area contributed by atoms with Crippen LogP contribution in [0.25, 0.3) is 0 Å². The molecule has 0 spiro atoms. The molecule has 104 valence electrons. The van der Waals surface area contributed by atoms with Crippen molar-refractivity contribution in [2.75, 3.05) is 0 Å². The largest absolute Gasteiger partial charge is 0.289 e. The molecule has 2 aromatic carbocycles. The number of halogens is 1. The molecule has 0 saturated heterocycles. The van der Waals surface area contributed by atoms with Crippen LogP contribution in [0, 0.1) is 6.92 Å². The van der Waals surface area contributed by atoms with Crippen molar-refractivity contribution in [3.05, 3.63) is 69.2 Å². The van der Waals surface area contributed by atoms with E-state index in [-0.39, 0.29) is 5.78 Å². The Kier molecular flexibility index (Phi) is 4.77. The summed E-state index contributed by atoms with van der Waals surface area (Å²) in [5, 5.41) is 0. The topological polar surface area (TPSA) is 17.1 Å². The highest BCUT2D eigenvalue weighted by atomic mass is 79.9. The van der Waals surface area contributed by atoms with Crippen molar-refractivity contribution >= 4 is 21.7 Å². The third kappa shape index (κ3) is 3.18. The lowest BCUT2D eigenvalue weighted by molar-refractivity contribution is 0.103.